The van der Waals surface area contributed by atoms with Gasteiger partial charge in [-0.3, -0.25) is 0 Å². The maximum atomic E-state index is 4.87. The van der Waals surface area contributed by atoms with Crippen LogP contribution in [0.3, 0.4) is 0 Å². The Bertz CT molecular complexity index is 689. The van der Waals surface area contributed by atoms with E-state index in [1.807, 2.05) is 0 Å². The van der Waals surface area contributed by atoms with Crippen LogP contribution in [0.4, 0.5) is 5.69 Å². The fraction of sp³-hybridized carbons (Fsp3) is 0.640. The molecular formula is C25H39N5. The van der Waals surface area contributed by atoms with Gasteiger partial charge in [-0.05, 0) is 50.3 Å². The molecule has 0 radical (unpaired) electrons. The predicted molar refractivity (Wildman–Crippen MR) is 127 cm³/mol. The van der Waals surface area contributed by atoms with Crippen LogP contribution in [0.2, 0.25) is 0 Å². The predicted octanol–water partition coefficient (Wildman–Crippen LogP) is 3.92. The summed E-state index contributed by atoms with van der Waals surface area (Å²) < 4.78 is 0. The zero-order valence-corrected chi connectivity index (χ0v) is 18.7. The number of rotatable bonds is 6. The number of piperidine rings is 1. The molecular weight excluding hydrogens is 370 g/mol. The first-order valence-corrected chi connectivity index (χ1v) is 12.1. The Kier molecular flexibility index (Phi) is 7.68. The quantitative estimate of drug-likeness (QED) is 0.425. The second-order valence-corrected chi connectivity index (χ2v) is 8.98. The zero-order chi connectivity index (χ0) is 20.6. The summed E-state index contributed by atoms with van der Waals surface area (Å²) in [7, 11) is 0. The molecule has 2 aliphatic heterocycles. The van der Waals surface area contributed by atoms with Crippen molar-refractivity contribution in [1.82, 2.24) is 15.5 Å². The summed E-state index contributed by atoms with van der Waals surface area (Å²) in [5, 5.41) is 7.14. The molecule has 164 valence electrons. The van der Waals surface area contributed by atoms with E-state index >= 15 is 0 Å². The number of aliphatic imine (C=N–C) groups is 1. The minimum absolute atomic E-state index is 0.535. The van der Waals surface area contributed by atoms with Gasteiger partial charge < -0.3 is 20.4 Å². The highest BCUT2D eigenvalue weighted by Gasteiger charge is 2.26. The number of nitrogens with zero attached hydrogens (tertiary/aromatic N) is 3. The molecule has 1 aromatic carbocycles. The lowest BCUT2D eigenvalue weighted by atomic mass is 9.92. The average Bonchev–Trinajstić information content (AvgIpc) is 3.34. The van der Waals surface area contributed by atoms with Crippen LogP contribution in [0.1, 0.15) is 57.4 Å². The molecule has 5 heteroatoms. The monoisotopic (exact) mass is 409 g/mol. The molecule has 0 aromatic heterocycles. The Morgan fingerprint density at radius 3 is 2.33 bits per heavy atom. The van der Waals surface area contributed by atoms with Crippen molar-refractivity contribution < 1.29 is 0 Å². The smallest absolute Gasteiger partial charge is 0.191 e. The van der Waals surface area contributed by atoms with Crippen molar-refractivity contribution in [3.63, 3.8) is 0 Å². The summed E-state index contributed by atoms with van der Waals surface area (Å²) in [5.74, 6) is 0.960. The van der Waals surface area contributed by atoms with E-state index in [1.54, 1.807) is 0 Å². The molecule has 5 nitrogen and oxygen atoms in total. The highest BCUT2D eigenvalue weighted by molar-refractivity contribution is 5.80. The fourth-order valence-corrected chi connectivity index (χ4v) is 5.04. The van der Waals surface area contributed by atoms with Gasteiger partial charge in [-0.1, -0.05) is 43.5 Å². The Labute approximate surface area is 182 Å². The number of likely N-dealkylation sites (tertiary alicyclic amines) is 1. The number of anilines is 1. The normalized spacial score (nSPS) is 21.9. The SMILES string of the molecule is CCNC(=NCc1ccc(N2CC=CC2)cc1)NC1CCN(C2CCCCC2)CC1. The maximum absolute atomic E-state index is 4.87. The first kappa shape index (κ1) is 21.2. The van der Waals surface area contributed by atoms with Gasteiger partial charge in [0.1, 0.15) is 0 Å². The van der Waals surface area contributed by atoms with E-state index in [-0.39, 0.29) is 0 Å². The van der Waals surface area contributed by atoms with Crippen LogP contribution < -0.4 is 15.5 Å². The van der Waals surface area contributed by atoms with Gasteiger partial charge in [-0.25, -0.2) is 4.99 Å². The molecule has 4 rings (SSSR count). The summed E-state index contributed by atoms with van der Waals surface area (Å²) in [6.45, 7) is 8.25. The molecule has 0 atom stereocenters. The molecule has 2 heterocycles. The Morgan fingerprint density at radius 2 is 1.67 bits per heavy atom. The number of hydrogen-bond acceptors (Lipinski definition) is 3. The largest absolute Gasteiger partial charge is 0.364 e. The highest BCUT2D eigenvalue weighted by Crippen LogP contribution is 2.25. The van der Waals surface area contributed by atoms with Gasteiger partial charge >= 0.3 is 0 Å². The van der Waals surface area contributed by atoms with Gasteiger partial charge in [0.25, 0.3) is 0 Å². The van der Waals surface area contributed by atoms with Crippen molar-refractivity contribution in [3.8, 4) is 0 Å². The second-order valence-electron chi connectivity index (χ2n) is 8.98. The summed E-state index contributed by atoms with van der Waals surface area (Å²) >= 11 is 0. The first-order valence-electron chi connectivity index (χ1n) is 12.1. The summed E-state index contributed by atoms with van der Waals surface area (Å²) in [6.07, 6.45) is 14.0. The zero-order valence-electron chi connectivity index (χ0n) is 18.7. The van der Waals surface area contributed by atoms with Crippen molar-refractivity contribution in [1.29, 1.82) is 0 Å². The summed E-state index contributed by atoms with van der Waals surface area (Å²) in [5.41, 5.74) is 2.55. The van der Waals surface area contributed by atoms with Crippen LogP contribution in [-0.4, -0.2) is 55.7 Å². The molecule has 1 saturated carbocycles. The lowest BCUT2D eigenvalue weighted by molar-refractivity contribution is 0.119. The first-order chi connectivity index (χ1) is 14.8. The van der Waals surface area contributed by atoms with E-state index in [0.29, 0.717) is 6.04 Å². The van der Waals surface area contributed by atoms with E-state index in [4.69, 9.17) is 4.99 Å². The second kappa shape index (κ2) is 10.9. The van der Waals surface area contributed by atoms with Gasteiger partial charge in [0, 0.05) is 50.5 Å². The molecule has 2 fully saturated rings. The van der Waals surface area contributed by atoms with E-state index in [2.05, 4.69) is 63.8 Å². The molecule has 30 heavy (non-hydrogen) atoms. The number of guanidine groups is 1. The van der Waals surface area contributed by atoms with Crippen LogP contribution in [0.5, 0.6) is 0 Å². The summed E-state index contributed by atoms with van der Waals surface area (Å²) in [6, 6.07) is 10.2. The van der Waals surface area contributed by atoms with Crippen molar-refractivity contribution in [2.75, 3.05) is 37.6 Å². The Hall–Kier alpha value is -2.01. The van der Waals surface area contributed by atoms with Crippen molar-refractivity contribution >= 4 is 11.6 Å². The van der Waals surface area contributed by atoms with Crippen molar-refractivity contribution in [2.24, 2.45) is 4.99 Å². The van der Waals surface area contributed by atoms with Crippen LogP contribution in [-0.2, 0) is 6.54 Å². The molecule has 1 aromatic rings. The average molecular weight is 410 g/mol. The molecule has 3 aliphatic rings. The van der Waals surface area contributed by atoms with Crippen LogP contribution in [0, 0.1) is 0 Å². The lowest BCUT2D eigenvalue weighted by Gasteiger charge is -2.39. The third kappa shape index (κ3) is 5.78. The number of hydrogen-bond donors (Lipinski definition) is 2. The van der Waals surface area contributed by atoms with E-state index in [9.17, 15) is 0 Å². The molecule has 0 spiro atoms. The molecule has 1 saturated heterocycles. The van der Waals surface area contributed by atoms with Crippen molar-refractivity contribution in [2.45, 2.75) is 70.5 Å². The standard InChI is InChI=1S/C25H39N5/c1-2-26-25(27-20-21-10-12-24(13-11-21)29-16-6-7-17-29)28-22-14-18-30(19-15-22)23-8-4-3-5-9-23/h6-7,10-13,22-23H,2-5,8-9,14-20H2,1H3,(H2,26,27,28). The molecule has 0 bridgehead atoms. The number of benzene rings is 1. The summed E-state index contributed by atoms with van der Waals surface area (Å²) in [4.78, 5) is 9.99. The molecule has 1 aliphatic carbocycles. The van der Waals surface area contributed by atoms with Gasteiger partial charge in [-0.2, -0.15) is 0 Å². The third-order valence-corrected chi connectivity index (χ3v) is 6.85. The van der Waals surface area contributed by atoms with Gasteiger partial charge in [0.2, 0.25) is 0 Å². The highest BCUT2D eigenvalue weighted by atomic mass is 15.2. The molecule has 0 amide bonds. The third-order valence-electron chi connectivity index (χ3n) is 6.85. The van der Waals surface area contributed by atoms with Crippen LogP contribution in [0.25, 0.3) is 0 Å². The van der Waals surface area contributed by atoms with Gasteiger partial charge in [-0.15, -0.1) is 0 Å². The van der Waals surface area contributed by atoms with Crippen molar-refractivity contribution in [3.05, 3.63) is 42.0 Å². The van der Waals surface area contributed by atoms with Gasteiger partial charge in [0.15, 0.2) is 5.96 Å². The fourth-order valence-electron chi connectivity index (χ4n) is 5.04. The van der Waals surface area contributed by atoms with Crippen LogP contribution >= 0.6 is 0 Å². The molecule has 0 unspecified atom stereocenters. The minimum Gasteiger partial charge on any atom is -0.364 e. The minimum atomic E-state index is 0.535. The Balaban J connectivity index is 1.26. The van der Waals surface area contributed by atoms with E-state index in [1.165, 1.54) is 69.3 Å². The van der Waals surface area contributed by atoms with E-state index in [0.717, 1.165) is 38.2 Å². The lowest BCUT2D eigenvalue weighted by Crippen LogP contribution is -2.50. The maximum Gasteiger partial charge on any atom is 0.191 e. The Morgan fingerprint density at radius 1 is 0.967 bits per heavy atom. The molecule has 2 N–H and O–H groups in total. The van der Waals surface area contributed by atoms with Gasteiger partial charge in [0.05, 0.1) is 6.54 Å². The topological polar surface area (TPSA) is 42.9 Å². The van der Waals surface area contributed by atoms with E-state index < -0.39 is 0 Å². The number of nitrogens with one attached hydrogen (secondary N) is 2. The van der Waals surface area contributed by atoms with Crippen LogP contribution in [0.15, 0.2) is 41.4 Å².